The van der Waals surface area contributed by atoms with Gasteiger partial charge >= 0.3 is 0 Å². The molecule has 0 radical (unpaired) electrons. The summed E-state index contributed by atoms with van der Waals surface area (Å²) in [5.41, 5.74) is -0.657. The molecule has 0 bridgehead atoms. The molecule has 12 heteroatoms. The normalized spacial score (nSPS) is 11.5. The highest BCUT2D eigenvalue weighted by Gasteiger charge is 2.27. The van der Waals surface area contributed by atoms with Crippen molar-refractivity contribution < 1.29 is 22.0 Å². The Morgan fingerprint density at radius 1 is 1.12 bits per heavy atom. The van der Waals surface area contributed by atoms with Crippen LogP contribution >= 0.6 is 11.6 Å². The summed E-state index contributed by atoms with van der Waals surface area (Å²) in [6, 6.07) is 8.45. The van der Waals surface area contributed by atoms with Gasteiger partial charge in [0.15, 0.2) is 5.82 Å². The molecule has 4 rings (SSSR count). The van der Waals surface area contributed by atoms with Gasteiger partial charge in [0.1, 0.15) is 23.6 Å². The molecule has 0 unspecified atom stereocenters. The Balaban J connectivity index is 1.78. The summed E-state index contributed by atoms with van der Waals surface area (Å²) in [6.07, 6.45) is 2.82. The SMILES string of the molecule is CCCS(=O)(=O)Nc1ccc(F)c(C(=O)c2c[nH]c3ncnc(Nc4ccc(Cl)cc4)c23)c1F. The molecule has 0 saturated heterocycles. The molecule has 0 aliphatic rings. The Hall–Kier alpha value is -3.57. The van der Waals surface area contributed by atoms with Crippen LogP contribution in [0.2, 0.25) is 5.02 Å². The molecule has 0 aliphatic carbocycles. The van der Waals surface area contributed by atoms with Crippen molar-refractivity contribution >= 4 is 55.6 Å². The number of fused-ring (bicyclic) bond motifs is 1. The summed E-state index contributed by atoms with van der Waals surface area (Å²) in [5.74, 6) is -3.50. The number of carbonyl (C=O) groups excluding carboxylic acids is 1. The quantitative estimate of drug-likeness (QED) is 0.290. The number of carbonyl (C=O) groups is 1. The van der Waals surface area contributed by atoms with E-state index < -0.39 is 38.7 Å². The van der Waals surface area contributed by atoms with Gasteiger partial charge in [0, 0.05) is 16.9 Å². The van der Waals surface area contributed by atoms with Gasteiger partial charge in [-0.05, 0) is 42.8 Å². The molecular formula is C22H18ClF2N5O3S. The van der Waals surface area contributed by atoms with E-state index in [1.807, 2.05) is 0 Å². The zero-order chi connectivity index (χ0) is 24.5. The van der Waals surface area contributed by atoms with Gasteiger partial charge in [-0.1, -0.05) is 18.5 Å². The van der Waals surface area contributed by atoms with Crippen molar-refractivity contribution in [2.45, 2.75) is 13.3 Å². The van der Waals surface area contributed by atoms with Gasteiger partial charge in [0.2, 0.25) is 15.8 Å². The zero-order valence-electron chi connectivity index (χ0n) is 17.7. The second-order valence-electron chi connectivity index (χ2n) is 7.31. The van der Waals surface area contributed by atoms with E-state index in [0.29, 0.717) is 17.1 Å². The van der Waals surface area contributed by atoms with Crippen LogP contribution in [-0.4, -0.2) is 34.9 Å². The average molecular weight is 506 g/mol. The number of H-pyrrole nitrogens is 1. The molecule has 8 nitrogen and oxygen atoms in total. The first kappa shape index (κ1) is 23.6. The fourth-order valence-corrected chi connectivity index (χ4v) is 4.63. The number of halogens is 3. The van der Waals surface area contributed by atoms with Crippen LogP contribution in [-0.2, 0) is 10.0 Å². The van der Waals surface area contributed by atoms with Gasteiger partial charge < -0.3 is 10.3 Å². The first-order valence-electron chi connectivity index (χ1n) is 10.1. The highest BCUT2D eigenvalue weighted by Crippen LogP contribution is 2.31. The zero-order valence-corrected chi connectivity index (χ0v) is 19.3. The third kappa shape index (κ3) is 4.70. The van der Waals surface area contributed by atoms with E-state index in [4.69, 9.17) is 11.6 Å². The Bertz CT molecular complexity index is 1490. The topological polar surface area (TPSA) is 117 Å². The number of ketones is 1. The maximum atomic E-state index is 15.2. The molecule has 4 aromatic rings. The summed E-state index contributed by atoms with van der Waals surface area (Å²) >= 11 is 5.91. The number of hydrogen-bond acceptors (Lipinski definition) is 6. The molecule has 2 aromatic heterocycles. The molecule has 3 N–H and O–H groups in total. The second-order valence-corrected chi connectivity index (χ2v) is 9.59. The molecule has 0 atom stereocenters. The summed E-state index contributed by atoms with van der Waals surface area (Å²) in [7, 11) is -3.86. The van der Waals surface area contributed by atoms with Crippen molar-refractivity contribution in [3.8, 4) is 0 Å². The van der Waals surface area contributed by atoms with E-state index >= 15 is 4.39 Å². The molecule has 0 saturated carbocycles. The Morgan fingerprint density at radius 2 is 1.85 bits per heavy atom. The van der Waals surface area contributed by atoms with Gasteiger partial charge in [-0.2, -0.15) is 0 Å². The lowest BCUT2D eigenvalue weighted by molar-refractivity contribution is 0.103. The molecule has 0 spiro atoms. The smallest absolute Gasteiger partial charge is 0.232 e. The van der Waals surface area contributed by atoms with E-state index in [-0.39, 0.29) is 28.2 Å². The van der Waals surface area contributed by atoms with Crippen molar-refractivity contribution in [3.63, 3.8) is 0 Å². The van der Waals surface area contributed by atoms with Crippen LogP contribution in [0.3, 0.4) is 0 Å². The summed E-state index contributed by atoms with van der Waals surface area (Å²) in [6.45, 7) is 1.64. The average Bonchev–Trinajstić information content (AvgIpc) is 3.22. The lowest BCUT2D eigenvalue weighted by Gasteiger charge is -2.12. The van der Waals surface area contributed by atoms with Crippen LogP contribution in [0.5, 0.6) is 0 Å². The van der Waals surface area contributed by atoms with Crippen LogP contribution in [0.1, 0.15) is 29.3 Å². The Kier molecular flexibility index (Phi) is 6.49. The monoisotopic (exact) mass is 505 g/mol. The number of sulfonamides is 1. The highest BCUT2D eigenvalue weighted by molar-refractivity contribution is 7.92. The highest BCUT2D eigenvalue weighted by atomic mass is 35.5. The predicted molar refractivity (Wildman–Crippen MR) is 126 cm³/mol. The van der Waals surface area contributed by atoms with Gasteiger partial charge in [0.25, 0.3) is 0 Å². The maximum Gasteiger partial charge on any atom is 0.232 e. The van der Waals surface area contributed by atoms with E-state index in [0.717, 1.165) is 12.1 Å². The minimum absolute atomic E-state index is 0.0987. The third-order valence-electron chi connectivity index (χ3n) is 4.88. The molecule has 0 amide bonds. The fraction of sp³-hybridized carbons (Fsp3) is 0.136. The Labute approximate surface area is 198 Å². The van der Waals surface area contributed by atoms with Crippen molar-refractivity contribution in [1.82, 2.24) is 15.0 Å². The van der Waals surface area contributed by atoms with Crippen LogP contribution in [0, 0.1) is 11.6 Å². The number of nitrogens with one attached hydrogen (secondary N) is 3. The van der Waals surface area contributed by atoms with Gasteiger partial charge in [0.05, 0.1) is 28.0 Å². The fourth-order valence-electron chi connectivity index (χ4n) is 3.37. The molecule has 0 aliphatic heterocycles. The van der Waals surface area contributed by atoms with Crippen LogP contribution < -0.4 is 10.0 Å². The molecule has 2 aromatic carbocycles. The number of aromatic nitrogens is 3. The predicted octanol–water partition coefficient (Wildman–Crippen LogP) is 5.02. The number of anilines is 3. The summed E-state index contributed by atoms with van der Waals surface area (Å²) < 4.78 is 56.0. The lowest BCUT2D eigenvalue weighted by Crippen LogP contribution is -2.18. The standard InChI is InChI=1S/C22H18ClF2N5O3S/c1-2-9-34(32,33)30-16-8-7-15(24)18(19(16)25)20(31)14-10-26-21-17(14)22(28-11-27-21)29-13-5-3-12(23)4-6-13/h3-8,10-11,30H,2,9H2,1H3,(H2,26,27,28,29). The third-order valence-corrected chi connectivity index (χ3v) is 6.61. The lowest BCUT2D eigenvalue weighted by atomic mass is 10.0. The molecule has 0 fully saturated rings. The van der Waals surface area contributed by atoms with Gasteiger partial charge in [-0.3, -0.25) is 9.52 Å². The number of benzene rings is 2. The van der Waals surface area contributed by atoms with Crippen molar-refractivity contribution in [3.05, 3.63) is 76.7 Å². The molecule has 176 valence electrons. The molecule has 2 heterocycles. The number of rotatable bonds is 8. The van der Waals surface area contributed by atoms with Crippen molar-refractivity contribution in [2.24, 2.45) is 0 Å². The molecular weight excluding hydrogens is 488 g/mol. The summed E-state index contributed by atoms with van der Waals surface area (Å²) in [5, 5.41) is 3.76. The van der Waals surface area contributed by atoms with E-state index in [2.05, 4.69) is 25.0 Å². The Morgan fingerprint density at radius 3 is 2.56 bits per heavy atom. The van der Waals surface area contributed by atoms with Gasteiger partial charge in [-0.25, -0.2) is 27.2 Å². The first-order chi connectivity index (χ1) is 16.2. The number of aromatic amines is 1. The largest absolute Gasteiger partial charge is 0.345 e. The van der Waals surface area contributed by atoms with Crippen LogP contribution in [0.25, 0.3) is 11.0 Å². The minimum Gasteiger partial charge on any atom is -0.345 e. The van der Waals surface area contributed by atoms with E-state index in [1.165, 1.54) is 12.5 Å². The number of nitrogens with zero attached hydrogens (tertiary/aromatic N) is 2. The molecule has 34 heavy (non-hydrogen) atoms. The first-order valence-corrected chi connectivity index (χ1v) is 12.1. The maximum absolute atomic E-state index is 15.2. The second kappa shape index (κ2) is 9.35. The summed E-state index contributed by atoms with van der Waals surface area (Å²) in [4.78, 5) is 24.3. The van der Waals surface area contributed by atoms with Gasteiger partial charge in [-0.15, -0.1) is 0 Å². The number of hydrogen-bond donors (Lipinski definition) is 3. The van der Waals surface area contributed by atoms with Crippen LogP contribution in [0.4, 0.5) is 26.0 Å². The van der Waals surface area contributed by atoms with Crippen LogP contribution in [0.15, 0.2) is 48.9 Å². The van der Waals surface area contributed by atoms with Crippen molar-refractivity contribution in [1.29, 1.82) is 0 Å². The van der Waals surface area contributed by atoms with E-state index in [1.54, 1.807) is 31.2 Å². The van der Waals surface area contributed by atoms with Crippen molar-refractivity contribution in [2.75, 3.05) is 15.8 Å². The van der Waals surface area contributed by atoms with E-state index in [9.17, 15) is 17.6 Å². The minimum atomic E-state index is -3.86.